The lowest BCUT2D eigenvalue weighted by Gasteiger charge is -2.36. The summed E-state index contributed by atoms with van der Waals surface area (Å²) in [6.45, 7) is 2.97. The molecule has 2 aromatic carbocycles. The van der Waals surface area contributed by atoms with Crippen molar-refractivity contribution >= 4 is 23.4 Å². The zero-order valence-electron chi connectivity index (χ0n) is 16.4. The van der Waals surface area contributed by atoms with E-state index in [0.29, 0.717) is 30.2 Å². The first-order chi connectivity index (χ1) is 14.1. The second-order valence-electron chi connectivity index (χ2n) is 6.89. The number of methoxy groups -OCH3 is 2. The number of hydrogen-bond donors (Lipinski definition) is 1. The number of hydrogen-bond acceptors (Lipinski definition) is 6. The molecule has 8 nitrogen and oxygen atoms in total. The Morgan fingerprint density at radius 2 is 1.76 bits per heavy atom. The van der Waals surface area contributed by atoms with Gasteiger partial charge >= 0.3 is 6.09 Å². The molecule has 1 fully saturated rings. The van der Waals surface area contributed by atoms with Gasteiger partial charge in [-0.2, -0.15) is 0 Å². The Balaban J connectivity index is 1.42. The van der Waals surface area contributed by atoms with Gasteiger partial charge in [0.25, 0.3) is 5.91 Å². The summed E-state index contributed by atoms with van der Waals surface area (Å²) in [4.78, 5) is 28.3. The number of rotatable bonds is 4. The molecule has 8 heteroatoms. The van der Waals surface area contributed by atoms with Crippen LogP contribution in [-0.4, -0.2) is 57.3 Å². The summed E-state index contributed by atoms with van der Waals surface area (Å²) in [5.41, 5.74) is 3.37. The van der Waals surface area contributed by atoms with E-state index < -0.39 is 6.09 Å². The first-order valence-corrected chi connectivity index (χ1v) is 9.42. The van der Waals surface area contributed by atoms with Crippen molar-refractivity contribution < 1.29 is 23.8 Å². The highest BCUT2D eigenvalue weighted by Gasteiger charge is 2.24. The Labute approximate surface area is 168 Å². The van der Waals surface area contributed by atoms with Crippen LogP contribution in [-0.2, 0) is 11.3 Å². The highest BCUT2D eigenvalue weighted by atomic mass is 16.5. The standard InChI is InChI=1S/C21H23N3O5/c1-27-18-6-3-14(12-19(18)28-2)20(25)24-9-7-23(8-10-24)16-4-5-17-15(11-16)13-29-21(26)22-17/h3-6,11-12H,7-10,13H2,1-2H3,(H,22,26). The Bertz CT molecular complexity index is 938. The molecule has 0 unspecified atom stereocenters. The van der Waals surface area contributed by atoms with Crippen molar-refractivity contribution in [2.24, 2.45) is 0 Å². The van der Waals surface area contributed by atoms with Crippen LogP contribution in [0.2, 0.25) is 0 Å². The summed E-state index contributed by atoms with van der Waals surface area (Å²) in [5, 5.41) is 2.70. The van der Waals surface area contributed by atoms with Crippen molar-refractivity contribution in [2.45, 2.75) is 6.61 Å². The molecule has 2 aromatic rings. The van der Waals surface area contributed by atoms with E-state index in [-0.39, 0.29) is 12.5 Å². The van der Waals surface area contributed by atoms with Crippen LogP contribution in [0.4, 0.5) is 16.2 Å². The van der Waals surface area contributed by atoms with E-state index >= 15 is 0 Å². The van der Waals surface area contributed by atoms with Gasteiger partial charge in [0.15, 0.2) is 11.5 Å². The molecule has 152 valence electrons. The van der Waals surface area contributed by atoms with E-state index in [1.807, 2.05) is 23.1 Å². The Morgan fingerprint density at radius 3 is 2.48 bits per heavy atom. The molecule has 0 aliphatic carbocycles. The number of carbonyl (C=O) groups excluding carboxylic acids is 2. The van der Waals surface area contributed by atoms with Crippen LogP contribution in [0.5, 0.6) is 11.5 Å². The van der Waals surface area contributed by atoms with Crippen LogP contribution in [0, 0.1) is 0 Å². The molecular weight excluding hydrogens is 374 g/mol. The van der Waals surface area contributed by atoms with Crippen LogP contribution in [0.1, 0.15) is 15.9 Å². The number of piperazine rings is 1. The minimum Gasteiger partial charge on any atom is -0.493 e. The third-order valence-electron chi connectivity index (χ3n) is 5.25. The topological polar surface area (TPSA) is 80.3 Å². The molecule has 0 spiro atoms. The van der Waals surface area contributed by atoms with Gasteiger partial charge in [0.1, 0.15) is 6.61 Å². The Hall–Kier alpha value is -3.42. The summed E-state index contributed by atoms with van der Waals surface area (Å²) in [5.74, 6) is 1.12. The van der Waals surface area contributed by atoms with E-state index in [1.165, 1.54) is 0 Å². The van der Waals surface area contributed by atoms with Gasteiger partial charge in [-0.05, 0) is 36.4 Å². The minimum atomic E-state index is -0.424. The fourth-order valence-electron chi connectivity index (χ4n) is 3.63. The first-order valence-electron chi connectivity index (χ1n) is 9.42. The molecule has 0 radical (unpaired) electrons. The van der Waals surface area contributed by atoms with E-state index in [2.05, 4.69) is 10.2 Å². The van der Waals surface area contributed by atoms with Crippen LogP contribution in [0.25, 0.3) is 0 Å². The van der Waals surface area contributed by atoms with Crippen LogP contribution in [0.3, 0.4) is 0 Å². The van der Waals surface area contributed by atoms with Gasteiger partial charge in [-0.3, -0.25) is 10.1 Å². The highest BCUT2D eigenvalue weighted by molar-refractivity contribution is 5.95. The zero-order valence-corrected chi connectivity index (χ0v) is 16.4. The quantitative estimate of drug-likeness (QED) is 0.855. The molecule has 1 saturated heterocycles. The maximum atomic E-state index is 12.9. The lowest BCUT2D eigenvalue weighted by Crippen LogP contribution is -2.48. The number of nitrogens with zero attached hydrogens (tertiary/aromatic N) is 2. The fraction of sp³-hybridized carbons (Fsp3) is 0.333. The highest BCUT2D eigenvalue weighted by Crippen LogP contribution is 2.29. The summed E-state index contributed by atoms with van der Waals surface area (Å²) in [6, 6.07) is 11.1. The zero-order chi connectivity index (χ0) is 20.4. The average Bonchev–Trinajstić information content (AvgIpc) is 2.77. The Kier molecular flexibility index (Phi) is 5.16. The van der Waals surface area contributed by atoms with E-state index in [0.717, 1.165) is 30.0 Å². The van der Waals surface area contributed by atoms with Gasteiger partial charge in [-0.15, -0.1) is 0 Å². The van der Waals surface area contributed by atoms with Gasteiger partial charge in [-0.1, -0.05) is 0 Å². The second kappa shape index (κ2) is 7.90. The molecule has 0 bridgehead atoms. The lowest BCUT2D eigenvalue weighted by atomic mass is 10.1. The molecule has 0 aromatic heterocycles. The summed E-state index contributed by atoms with van der Waals surface area (Å²) < 4.78 is 15.6. The summed E-state index contributed by atoms with van der Waals surface area (Å²) >= 11 is 0. The van der Waals surface area contributed by atoms with Gasteiger partial charge < -0.3 is 24.0 Å². The van der Waals surface area contributed by atoms with Crippen molar-refractivity contribution in [2.75, 3.05) is 50.6 Å². The maximum absolute atomic E-state index is 12.9. The molecule has 2 amide bonds. The number of carbonyl (C=O) groups is 2. The van der Waals surface area contributed by atoms with Crippen molar-refractivity contribution in [1.82, 2.24) is 4.90 Å². The molecule has 2 aliphatic rings. The minimum absolute atomic E-state index is 0.0212. The number of fused-ring (bicyclic) bond motifs is 1. The molecule has 2 aliphatic heterocycles. The van der Waals surface area contributed by atoms with Crippen LogP contribution in [0.15, 0.2) is 36.4 Å². The fourth-order valence-corrected chi connectivity index (χ4v) is 3.63. The SMILES string of the molecule is COc1ccc(C(=O)N2CCN(c3ccc4c(c3)COC(=O)N4)CC2)cc1OC. The number of nitrogens with one attached hydrogen (secondary N) is 1. The largest absolute Gasteiger partial charge is 0.493 e. The van der Waals surface area contributed by atoms with E-state index in [9.17, 15) is 9.59 Å². The molecule has 0 saturated carbocycles. The summed E-state index contributed by atoms with van der Waals surface area (Å²) in [6.07, 6.45) is -0.424. The normalized spacial score (nSPS) is 15.9. The number of cyclic esters (lactones) is 1. The van der Waals surface area contributed by atoms with E-state index in [1.54, 1.807) is 32.4 Å². The lowest BCUT2D eigenvalue weighted by molar-refractivity contribution is 0.0746. The molecule has 1 N–H and O–H groups in total. The molecule has 29 heavy (non-hydrogen) atoms. The van der Waals surface area contributed by atoms with Crippen molar-refractivity contribution in [3.05, 3.63) is 47.5 Å². The van der Waals surface area contributed by atoms with Crippen molar-refractivity contribution in [1.29, 1.82) is 0 Å². The van der Waals surface area contributed by atoms with E-state index in [4.69, 9.17) is 14.2 Å². The molecular formula is C21H23N3O5. The molecule has 4 rings (SSSR count). The van der Waals surface area contributed by atoms with Gasteiger partial charge in [-0.25, -0.2) is 4.79 Å². The second-order valence-corrected chi connectivity index (χ2v) is 6.89. The van der Waals surface area contributed by atoms with Crippen molar-refractivity contribution in [3.8, 4) is 11.5 Å². The smallest absolute Gasteiger partial charge is 0.411 e. The van der Waals surface area contributed by atoms with Crippen LogP contribution < -0.4 is 19.7 Å². The monoisotopic (exact) mass is 397 g/mol. The van der Waals surface area contributed by atoms with Gasteiger partial charge in [0.2, 0.25) is 0 Å². The number of amides is 2. The van der Waals surface area contributed by atoms with Crippen molar-refractivity contribution in [3.63, 3.8) is 0 Å². The predicted octanol–water partition coefficient (Wildman–Crippen LogP) is 2.73. The molecule has 0 atom stereocenters. The number of anilines is 2. The first kappa shape index (κ1) is 18.9. The molecule has 2 heterocycles. The van der Waals surface area contributed by atoms with Gasteiger partial charge in [0, 0.05) is 43.0 Å². The third kappa shape index (κ3) is 3.78. The summed E-state index contributed by atoms with van der Waals surface area (Å²) in [7, 11) is 3.12. The third-order valence-corrected chi connectivity index (χ3v) is 5.25. The number of benzene rings is 2. The maximum Gasteiger partial charge on any atom is 0.411 e. The average molecular weight is 397 g/mol. The number of ether oxygens (including phenoxy) is 3. The van der Waals surface area contributed by atoms with Gasteiger partial charge in [0.05, 0.1) is 19.9 Å². The Morgan fingerprint density at radius 1 is 1.00 bits per heavy atom. The van der Waals surface area contributed by atoms with Crippen LogP contribution >= 0.6 is 0 Å². The predicted molar refractivity (Wildman–Crippen MR) is 108 cm³/mol.